The van der Waals surface area contributed by atoms with Crippen molar-refractivity contribution in [2.24, 2.45) is 0 Å². The van der Waals surface area contributed by atoms with Gasteiger partial charge in [0.25, 0.3) is 5.91 Å². The van der Waals surface area contributed by atoms with Crippen LogP contribution in [-0.2, 0) is 0 Å². The predicted octanol–water partition coefficient (Wildman–Crippen LogP) is 4.33. The van der Waals surface area contributed by atoms with Gasteiger partial charge in [-0.15, -0.1) is 0 Å². The van der Waals surface area contributed by atoms with Crippen LogP contribution in [0, 0.1) is 20.8 Å². The van der Waals surface area contributed by atoms with Gasteiger partial charge in [-0.25, -0.2) is 9.97 Å². The van der Waals surface area contributed by atoms with Gasteiger partial charge in [-0.3, -0.25) is 4.79 Å². The number of rotatable bonds is 5. The first-order chi connectivity index (χ1) is 11.3. The minimum absolute atomic E-state index is 0.0953. The van der Waals surface area contributed by atoms with Crippen molar-refractivity contribution in [3.63, 3.8) is 0 Å². The maximum Gasteiger partial charge on any atom is 0.270 e. The Bertz CT molecular complexity index is 738. The van der Waals surface area contributed by atoms with Gasteiger partial charge in [0.1, 0.15) is 5.69 Å². The second-order valence-electron chi connectivity index (χ2n) is 6.06. The summed E-state index contributed by atoms with van der Waals surface area (Å²) in [4.78, 5) is 21.0. The fourth-order valence-corrected chi connectivity index (χ4v) is 2.69. The average Bonchev–Trinajstić information content (AvgIpc) is 2.50. The first kappa shape index (κ1) is 18.2. The number of hydrogen-bond donors (Lipinski definition) is 2. The molecule has 0 saturated heterocycles. The molecule has 0 radical (unpaired) electrons. The molecule has 0 fully saturated rings. The molecule has 0 aliphatic rings. The number of carbonyl (C=O) groups is 1. The van der Waals surface area contributed by atoms with E-state index in [0.29, 0.717) is 22.4 Å². The second kappa shape index (κ2) is 7.62. The van der Waals surface area contributed by atoms with Crippen LogP contribution in [0.25, 0.3) is 0 Å². The smallest absolute Gasteiger partial charge is 0.270 e. The quantitative estimate of drug-likeness (QED) is 0.845. The molecule has 0 spiro atoms. The van der Waals surface area contributed by atoms with Crippen molar-refractivity contribution < 1.29 is 4.79 Å². The summed E-state index contributed by atoms with van der Waals surface area (Å²) < 4.78 is 0. The molecule has 2 rings (SSSR count). The Labute approximate surface area is 147 Å². The lowest BCUT2D eigenvalue weighted by atomic mass is 10.1. The van der Waals surface area contributed by atoms with Crippen LogP contribution in [0.3, 0.4) is 0 Å². The van der Waals surface area contributed by atoms with E-state index in [1.807, 2.05) is 46.8 Å². The molecule has 1 amide bonds. The Morgan fingerprint density at radius 2 is 1.92 bits per heavy atom. The molecular weight excluding hydrogens is 324 g/mol. The highest BCUT2D eigenvalue weighted by Gasteiger charge is 2.14. The molecule has 128 valence electrons. The number of halogens is 1. The zero-order valence-electron chi connectivity index (χ0n) is 14.7. The largest absolute Gasteiger partial charge is 0.348 e. The SMILES string of the molecule is CCC(C)NC(=O)c1cc(C)nc(Nc2c(C)cc(C)cc2Cl)n1. The lowest BCUT2D eigenvalue weighted by Crippen LogP contribution is -2.32. The van der Waals surface area contributed by atoms with Crippen LogP contribution in [0.15, 0.2) is 18.2 Å². The van der Waals surface area contributed by atoms with E-state index in [1.54, 1.807) is 6.07 Å². The monoisotopic (exact) mass is 346 g/mol. The van der Waals surface area contributed by atoms with Crippen molar-refractivity contribution in [1.82, 2.24) is 15.3 Å². The van der Waals surface area contributed by atoms with E-state index in [4.69, 9.17) is 11.6 Å². The van der Waals surface area contributed by atoms with Gasteiger partial charge in [0.2, 0.25) is 5.95 Å². The molecule has 1 aromatic carbocycles. The Hall–Kier alpha value is -2.14. The molecule has 2 N–H and O–H groups in total. The summed E-state index contributed by atoms with van der Waals surface area (Å²) in [6.07, 6.45) is 0.860. The van der Waals surface area contributed by atoms with Crippen LogP contribution in [0.1, 0.15) is 47.6 Å². The van der Waals surface area contributed by atoms with E-state index in [0.717, 1.165) is 23.2 Å². The molecular formula is C18H23ClN4O. The van der Waals surface area contributed by atoms with Gasteiger partial charge in [-0.05, 0) is 57.4 Å². The predicted molar refractivity (Wildman–Crippen MR) is 98.2 cm³/mol. The summed E-state index contributed by atoms with van der Waals surface area (Å²) in [6.45, 7) is 9.76. The summed E-state index contributed by atoms with van der Waals surface area (Å²) >= 11 is 6.32. The molecule has 0 aliphatic carbocycles. The molecule has 0 bridgehead atoms. The fourth-order valence-electron chi connectivity index (χ4n) is 2.33. The van der Waals surface area contributed by atoms with E-state index in [9.17, 15) is 4.79 Å². The van der Waals surface area contributed by atoms with Crippen LogP contribution in [0.4, 0.5) is 11.6 Å². The number of carbonyl (C=O) groups excluding carboxylic acids is 1. The molecule has 2 aromatic rings. The Balaban J connectivity index is 2.31. The first-order valence-corrected chi connectivity index (χ1v) is 8.38. The van der Waals surface area contributed by atoms with Crippen molar-refractivity contribution in [2.45, 2.75) is 47.1 Å². The van der Waals surface area contributed by atoms with Crippen LogP contribution >= 0.6 is 11.6 Å². The minimum Gasteiger partial charge on any atom is -0.348 e. The molecule has 1 aromatic heterocycles. The minimum atomic E-state index is -0.204. The topological polar surface area (TPSA) is 66.9 Å². The summed E-state index contributed by atoms with van der Waals surface area (Å²) in [5.74, 6) is 0.155. The Morgan fingerprint density at radius 3 is 2.54 bits per heavy atom. The third-order valence-corrected chi connectivity index (χ3v) is 4.04. The van der Waals surface area contributed by atoms with E-state index < -0.39 is 0 Å². The van der Waals surface area contributed by atoms with Crippen molar-refractivity contribution >= 4 is 29.1 Å². The van der Waals surface area contributed by atoms with Gasteiger partial charge < -0.3 is 10.6 Å². The van der Waals surface area contributed by atoms with Crippen LogP contribution in [-0.4, -0.2) is 21.9 Å². The third kappa shape index (κ3) is 4.45. The molecule has 24 heavy (non-hydrogen) atoms. The van der Waals surface area contributed by atoms with Gasteiger partial charge in [0.15, 0.2) is 0 Å². The molecule has 1 unspecified atom stereocenters. The molecule has 0 aliphatic heterocycles. The van der Waals surface area contributed by atoms with Crippen molar-refractivity contribution in [1.29, 1.82) is 0 Å². The number of nitrogens with zero attached hydrogens (tertiary/aromatic N) is 2. The highest BCUT2D eigenvalue weighted by molar-refractivity contribution is 6.33. The van der Waals surface area contributed by atoms with E-state index >= 15 is 0 Å². The van der Waals surface area contributed by atoms with Gasteiger partial charge >= 0.3 is 0 Å². The number of nitrogens with one attached hydrogen (secondary N) is 2. The molecule has 1 heterocycles. The van der Waals surface area contributed by atoms with Crippen LogP contribution in [0.5, 0.6) is 0 Å². The maximum atomic E-state index is 12.3. The highest BCUT2D eigenvalue weighted by atomic mass is 35.5. The summed E-state index contributed by atoms with van der Waals surface area (Å²) in [5.41, 5.74) is 3.88. The van der Waals surface area contributed by atoms with E-state index in [1.165, 1.54) is 0 Å². The molecule has 0 saturated carbocycles. The molecule has 6 heteroatoms. The van der Waals surface area contributed by atoms with Crippen molar-refractivity contribution in [2.75, 3.05) is 5.32 Å². The maximum absolute atomic E-state index is 12.3. The summed E-state index contributed by atoms with van der Waals surface area (Å²) in [6, 6.07) is 5.67. The normalized spacial score (nSPS) is 11.9. The summed E-state index contributed by atoms with van der Waals surface area (Å²) in [5, 5.41) is 6.65. The van der Waals surface area contributed by atoms with E-state index in [-0.39, 0.29) is 11.9 Å². The standard InChI is InChI=1S/C18H23ClN4O/c1-6-12(4)20-17(24)15-9-13(5)21-18(22-15)23-16-11(3)7-10(2)8-14(16)19/h7-9,12H,6H2,1-5H3,(H,20,24)(H,21,22,23). The second-order valence-corrected chi connectivity index (χ2v) is 6.47. The van der Waals surface area contributed by atoms with Gasteiger partial charge in [-0.1, -0.05) is 24.6 Å². The third-order valence-electron chi connectivity index (χ3n) is 3.75. The van der Waals surface area contributed by atoms with Crippen LogP contribution in [0.2, 0.25) is 5.02 Å². The average molecular weight is 347 g/mol. The lowest BCUT2D eigenvalue weighted by molar-refractivity contribution is 0.0934. The fraction of sp³-hybridized carbons (Fsp3) is 0.389. The zero-order chi connectivity index (χ0) is 17.9. The Morgan fingerprint density at radius 1 is 1.21 bits per heavy atom. The number of amides is 1. The van der Waals surface area contributed by atoms with Gasteiger partial charge in [0, 0.05) is 11.7 Å². The van der Waals surface area contributed by atoms with Gasteiger partial charge in [-0.2, -0.15) is 0 Å². The van der Waals surface area contributed by atoms with Gasteiger partial charge in [0.05, 0.1) is 10.7 Å². The highest BCUT2D eigenvalue weighted by Crippen LogP contribution is 2.29. The molecule has 5 nitrogen and oxygen atoms in total. The Kier molecular flexibility index (Phi) is 5.78. The number of benzene rings is 1. The van der Waals surface area contributed by atoms with Crippen LogP contribution < -0.4 is 10.6 Å². The van der Waals surface area contributed by atoms with Crippen molar-refractivity contribution in [3.8, 4) is 0 Å². The lowest BCUT2D eigenvalue weighted by Gasteiger charge is -2.14. The van der Waals surface area contributed by atoms with E-state index in [2.05, 4.69) is 20.6 Å². The number of aryl methyl sites for hydroxylation is 3. The number of aromatic nitrogens is 2. The number of anilines is 2. The first-order valence-electron chi connectivity index (χ1n) is 8.00. The summed E-state index contributed by atoms with van der Waals surface area (Å²) in [7, 11) is 0. The van der Waals surface area contributed by atoms with Crippen molar-refractivity contribution in [3.05, 3.63) is 45.7 Å². The molecule has 1 atom stereocenters. The number of hydrogen-bond acceptors (Lipinski definition) is 4. The zero-order valence-corrected chi connectivity index (χ0v) is 15.5.